The maximum Gasteiger partial charge on any atom is 0.274 e. The molecule has 0 saturated carbocycles. The number of fused-ring (bicyclic) bond motifs is 1. The second kappa shape index (κ2) is 4.77. The van der Waals surface area contributed by atoms with Crippen molar-refractivity contribution in [3.8, 4) is 0 Å². The molecule has 0 aliphatic heterocycles. The van der Waals surface area contributed by atoms with Gasteiger partial charge in [-0.05, 0) is 38.1 Å². The molecule has 5 heteroatoms. The van der Waals surface area contributed by atoms with E-state index < -0.39 is 0 Å². The maximum atomic E-state index is 12.0. The fraction of sp³-hybridized carbons (Fsp3) is 0.133. The molecule has 0 saturated heterocycles. The van der Waals surface area contributed by atoms with E-state index in [0.717, 1.165) is 17.0 Å². The topological polar surface area (TPSA) is 59.3 Å². The smallest absolute Gasteiger partial charge is 0.274 e. The molecule has 3 aromatic heterocycles. The number of imidazole rings is 1. The zero-order valence-electron chi connectivity index (χ0n) is 11.3. The van der Waals surface area contributed by atoms with Crippen LogP contribution in [0.5, 0.6) is 0 Å². The summed E-state index contributed by atoms with van der Waals surface area (Å²) in [5.74, 6) is -0.223. The lowest BCUT2D eigenvalue weighted by molar-refractivity contribution is 0.102. The SMILES string of the molecule is Cc1nc2ccc(NC(=O)c3ccccn3)cn2c1C. The zero-order valence-corrected chi connectivity index (χ0v) is 11.3. The highest BCUT2D eigenvalue weighted by Crippen LogP contribution is 2.15. The minimum atomic E-state index is -0.223. The first-order valence-electron chi connectivity index (χ1n) is 6.33. The molecule has 0 unspecified atom stereocenters. The number of anilines is 1. The summed E-state index contributed by atoms with van der Waals surface area (Å²) in [6, 6.07) is 8.96. The van der Waals surface area contributed by atoms with Crippen molar-refractivity contribution in [3.63, 3.8) is 0 Å². The molecule has 0 aromatic carbocycles. The number of aryl methyl sites for hydroxylation is 2. The first-order chi connectivity index (χ1) is 9.65. The first-order valence-corrected chi connectivity index (χ1v) is 6.33. The van der Waals surface area contributed by atoms with Gasteiger partial charge < -0.3 is 9.72 Å². The second-order valence-electron chi connectivity index (χ2n) is 4.60. The lowest BCUT2D eigenvalue weighted by Crippen LogP contribution is -2.13. The number of carbonyl (C=O) groups excluding carboxylic acids is 1. The number of carbonyl (C=O) groups is 1. The van der Waals surface area contributed by atoms with Gasteiger partial charge in [0.25, 0.3) is 5.91 Å². The van der Waals surface area contributed by atoms with E-state index in [-0.39, 0.29) is 5.91 Å². The van der Waals surface area contributed by atoms with Crippen molar-refractivity contribution < 1.29 is 4.79 Å². The van der Waals surface area contributed by atoms with Crippen LogP contribution in [-0.2, 0) is 0 Å². The molecule has 1 amide bonds. The van der Waals surface area contributed by atoms with Crippen molar-refractivity contribution in [3.05, 3.63) is 59.8 Å². The van der Waals surface area contributed by atoms with Crippen molar-refractivity contribution >= 4 is 17.2 Å². The Labute approximate surface area is 116 Å². The lowest BCUT2D eigenvalue weighted by atomic mass is 10.3. The molecule has 5 nitrogen and oxygen atoms in total. The number of aromatic nitrogens is 3. The van der Waals surface area contributed by atoms with E-state index in [1.165, 1.54) is 0 Å². The van der Waals surface area contributed by atoms with Crippen LogP contribution >= 0.6 is 0 Å². The van der Waals surface area contributed by atoms with Gasteiger partial charge in [-0.15, -0.1) is 0 Å². The fourth-order valence-corrected chi connectivity index (χ4v) is 2.05. The summed E-state index contributed by atoms with van der Waals surface area (Å²) in [4.78, 5) is 20.5. The van der Waals surface area contributed by atoms with Crippen LogP contribution in [0.15, 0.2) is 42.7 Å². The van der Waals surface area contributed by atoms with Crippen LogP contribution in [0.4, 0.5) is 5.69 Å². The molecule has 3 heterocycles. The highest BCUT2D eigenvalue weighted by Gasteiger charge is 2.09. The van der Waals surface area contributed by atoms with E-state index in [2.05, 4.69) is 15.3 Å². The predicted octanol–water partition coefficient (Wildman–Crippen LogP) is 2.60. The predicted molar refractivity (Wildman–Crippen MR) is 76.9 cm³/mol. The summed E-state index contributed by atoms with van der Waals surface area (Å²) < 4.78 is 1.96. The Morgan fingerprint density at radius 1 is 1.20 bits per heavy atom. The van der Waals surface area contributed by atoms with Crippen LogP contribution in [0.1, 0.15) is 21.9 Å². The summed E-state index contributed by atoms with van der Waals surface area (Å²) in [5.41, 5.74) is 4.03. The largest absolute Gasteiger partial charge is 0.319 e. The van der Waals surface area contributed by atoms with Crippen molar-refractivity contribution in [1.29, 1.82) is 0 Å². The molecular formula is C15H14N4O. The van der Waals surface area contributed by atoms with Crippen molar-refractivity contribution in [2.24, 2.45) is 0 Å². The average Bonchev–Trinajstić information content (AvgIpc) is 2.75. The Hall–Kier alpha value is -2.69. The molecule has 0 aliphatic carbocycles. The summed E-state index contributed by atoms with van der Waals surface area (Å²) in [6.07, 6.45) is 3.47. The van der Waals surface area contributed by atoms with Crippen molar-refractivity contribution in [2.45, 2.75) is 13.8 Å². The third kappa shape index (κ3) is 2.14. The number of hydrogen-bond donors (Lipinski definition) is 1. The maximum absolute atomic E-state index is 12.0. The van der Waals surface area contributed by atoms with Crippen LogP contribution < -0.4 is 5.32 Å². The van der Waals surface area contributed by atoms with Gasteiger partial charge in [-0.25, -0.2) is 4.98 Å². The van der Waals surface area contributed by atoms with Crippen LogP contribution in [0, 0.1) is 13.8 Å². The van der Waals surface area contributed by atoms with Crippen LogP contribution in [-0.4, -0.2) is 20.3 Å². The van der Waals surface area contributed by atoms with Gasteiger partial charge in [0.05, 0.1) is 11.4 Å². The zero-order chi connectivity index (χ0) is 14.1. The standard InChI is InChI=1S/C15H14N4O/c1-10-11(2)19-9-12(6-7-14(19)17-10)18-15(20)13-5-3-4-8-16-13/h3-9H,1-2H3,(H,18,20). The summed E-state index contributed by atoms with van der Waals surface area (Å²) in [5, 5.41) is 2.84. The van der Waals surface area contributed by atoms with Crippen LogP contribution in [0.2, 0.25) is 0 Å². The lowest BCUT2D eigenvalue weighted by Gasteiger charge is -2.06. The van der Waals surface area contributed by atoms with Gasteiger partial charge in [0, 0.05) is 18.1 Å². The van der Waals surface area contributed by atoms with Gasteiger partial charge in [-0.2, -0.15) is 0 Å². The molecule has 0 aliphatic rings. The Morgan fingerprint density at radius 3 is 2.80 bits per heavy atom. The van der Waals surface area contributed by atoms with E-state index in [4.69, 9.17) is 0 Å². The Bertz CT molecular complexity index is 777. The number of amides is 1. The van der Waals surface area contributed by atoms with Gasteiger partial charge in [0.1, 0.15) is 11.3 Å². The summed E-state index contributed by atoms with van der Waals surface area (Å²) >= 11 is 0. The Morgan fingerprint density at radius 2 is 2.05 bits per heavy atom. The number of hydrogen-bond acceptors (Lipinski definition) is 3. The molecule has 0 fully saturated rings. The normalized spacial score (nSPS) is 10.7. The van der Waals surface area contributed by atoms with E-state index in [0.29, 0.717) is 11.4 Å². The minimum absolute atomic E-state index is 0.223. The third-order valence-electron chi connectivity index (χ3n) is 3.25. The van der Waals surface area contributed by atoms with E-state index in [1.54, 1.807) is 24.4 Å². The van der Waals surface area contributed by atoms with Crippen LogP contribution in [0.3, 0.4) is 0 Å². The number of nitrogens with one attached hydrogen (secondary N) is 1. The Kier molecular flexibility index (Phi) is 2.95. The molecule has 3 aromatic rings. The highest BCUT2D eigenvalue weighted by atomic mass is 16.1. The van der Waals surface area contributed by atoms with Gasteiger partial charge in [-0.3, -0.25) is 9.78 Å². The second-order valence-corrected chi connectivity index (χ2v) is 4.60. The molecule has 0 atom stereocenters. The number of nitrogens with zero attached hydrogens (tertiary/aromatic N) is 3. The van der Waals surface area contributed by atoms with E-state index in [9.17, 15) is 4.79 Å². The average molecular weight is 266 g/mol. The number of rotatable bonds is 2. The van der Waals surface area contributed by atoms with Crippen molar-refractivity contribution in [1.82, 2.24) is 14.4 Å². The summed E-state index contributed by atoms with van der Waals surface area (Å²) in [7, 11) is 0. The molecule has 0 radical (unpaired) electrons. The van der Waals surface area contributed by atoms with Gasteiger partial charge >= 0.3 is 0 Å². The van der Waals surface area contributed by atoms with Crippen molar-refractivity contribution in [2.75, 3.05) is 5.32 Å². The fourth-order valence-electron chi connectivity index (χ4n) is 2.05. The summed E-state index contributed by atoms with van der Waals surface area (Å²) in [6.45, 7) is 3.97. The van der Waals surface area contributed by atoms with Crippen LogP contribution in [0.25, 0.3) is 5.65 Å². The number of pyridine rings is 2. The van der Waals surface area contributed by atoms with Gasteiger partial charge in [0.2, 0.25) is 0 Å². The Balaban J connectivity index is 1.91. The molecule has 0 bridgehead atoms. The quantitative estimate of drug-likeness (QED) is 0.775. The first kappa shape index (κ1) is 12.3. The third-order valence-corrected chi connectivity index (χ3v) is 3.25. The minimum Gasteiger partial charge on any atom is -0.319 e. The van der Waals surface area contributed by atoms with Gasteiger partial charge in [0.15, 0.2) is 0 Å². The molecule has 1 N–H and O–H groups in total. The van der Waals surface area contributed by atoms with Gasteiger partial charge in [-0.1, -0.05) is 6.07 Å². The highest BCUT2D eigenvalue weighted by molar-refractivity contribution is 6.02. The molecule has 100 valence electrons. The molecule has 0 spiro atoms. The molecule has 20 heavy (non-hydrogen) atoms. The molecular weight excluding hydrogens is 252 g/mol. The molecule has 3 rings (SSSR count). The monoisotopic (exact) mass is 266 g/mol. The van der Waals surface area contributed by atoms with E-state index in [1.807, 2.05) is 36.6 Å². The van der Waals surface area contributed by atoms with E-state index >= 15 is 0 Å².